The van der Waals surface area contributed by atoms with Crippen molar-refractivity contribution in [3.8, 4) is 0 Å². The van der Waals surface area contributed by atoms with Crippen molar-refractivity contribution in [3.63, 3.8) is 0 Å². The number of benzene rings is 1. The number of hydrogen-bond acceptors (Lipinski definition) is 2. The van der Waals surface area contributed by atoms with E-state index in [-0.39, 0.29) is 18.0 Å². The summed E-state index contributed by atoms with van der Waals surface area (Å²) in [6.45, 7) is 1.78. The maximum Gasteiger partial charge on any atom is 0.157 e. The number of Topliss-reactive ketones (excluding diaryl/α,β-unsaturated/α-hetero) is 1. The Morgan fingerprint density at radius 3 is 2.82 bits per heavy atom. The first-order valence-corrected chi connectivity index (χ1v) is 6.47. The Morgan fingerprint density at radius 2 is 2.24 bits per heavy atom. The van der Waals surface area contributed by atoms with E-state index < -0.39 is 5.54 Å². The number of nitrogens with two attached hydrogens (primary N) is 1. The molecular weight excluding hydrogens is 285 g/mol. The number of carbonyl (C=O) groups is 1. The lowest BCUT2D eigenvalue weighted by Crippen LogP contribution is -2.48. The predicted molar refractivity (Wildman–Crippen MR) is 68.1 cm³/mol. The van der Waals surface area contributed by atoms with E-state index in [1.165, 1.54) is 6.07 Å². The summed E-state index contributed by atoms with van der Waals surface area (Å²) >= 11 is 3.16. The van der Waals surface area contributed by atoms with Crippen molar-refractivity contribution in [3.05, 3.63) is 34.1 Å². The van der Waals surface area contributed by atoms with Gasteiger partial charge in [-0.3, -0.25) is 4.79 Å². The molecule has 1 fully saturated rings. The van der Waals surface area contributed by atoms with Crippen molar-refractivity contribution < 1.29 is 9.18 Å². The lowest BCUT2D eigenvalue weighted by molar-refractivity contribution is -0.123. The highest BCUT2D eigenvalue weighted by atomic mass is 79.9. The topological polar surface area (TPSA) is 43.1 Å². The highest BCUT2D eigenvalue weighted by Gasteiger charge is 2.43. The van der Waals surface area contributed by atoms with Crippen LogP contribution in [0.2, 0.25) is 0 Å². The molecule has 1 atom stereocenters. The average molecular weight is 300 g/mol. The third-order valence-corrected chi connectivity index (χ3v) is 4.30. The van der Waals surface area contributed by atoms with Crippen LogP contribution >= 0.6 is 15.9 Å². The minimum absolute atomic E-state index is 0.0219. The fourth-order valence-corrected chi connectivity index (χ4v) is 2.36. The Balaban J connectivity index is 2.15. The largest absolute Gasteiger partial charge is 0.319 e. The smallest absolute Gasteiger partial charge is 0.157 e. The van der Waals surface area contributed by atoms with Crippen LogP contribution in [0.5, 0.6) is 0 Å². The van der Waals surface area contributed by atoms with Crippen LogP contribution in [-0.2, 0) is 11.2 Å². The Kier molecular flexibility index (Phi) is 3.36. The van der Waals surface area contributed by atoms with Crippen LogP contribution in [0.25, 0.3) is 0 Å². The van der Waals surface area contributed by atoms with Gasteiger partial charge in [0.1, 0.15) is 5.82 Å². The molecule has 1 unspecified atom stereocenters. The van der Waals surface area contributed by atoms with Crippen LogP contribution in [0.15, 0.2) is 22.7 Å². The van der Waals surface area contributed by atoms with Gasteiger partial charge in [-0.2, -0.15) is 0 Å². The van der Waals surface area contributed by atoms with Crippen LogP contribution in [-0.4, -0.2) is 11.3 Å². The second-order valence-corrected chi connectivity index (χ2v) is 5.66. The third-order valence-electron chi connectivity index (χ3n) is 3.41. The van der Waals surface area contributed by atoms with Gasteiger partial charge < -0.3 is 5.73 Å². The standard InChI is InChI=1S/C13H15BrFNO/c1-13(16,9-5-6-9)11(17)7-8-3-2-4-10(15)12(8)14/h2-4,9H,5-7,16H2,1H3. The van der Waals surface area contributed by atoms with Gasteiger partial charge in [0.25, 0.3) is 0 Å². The van der Waals surface area contributed by atoms with E-state index in [1.54, 1.807) is 19.1 Å². The van der Waals surface area contributed by atoms with Gasteiger partial charge in [-0.15, -0.1) is 0 Å². The fourth-order valence-electron chi connectivity index (χ4n) is 1.96. The molecule has 1 saturated carbocycles. The first-order chi connectivity index (χ1) is 7.93. The van der Waals surface area contributed by atoms with Crippen LogP contribution in [0.3, 0.4) is 0 Å². The van der Waals surface area contributed by atoms with Gasteiger partial charge in [0.2, 0.25) is 0 Å². The molecule has 1 aromatic rings. The molecule has 0 aliphatic heterocycles. The summed E-state index contributed by atoms with van der Waals surface area (Å²) in [5.41, 5.74) is 5.93. The number of halogens is 2. The Labute approximate surface area is 109 Å². The lowest BCUT2D eigenvalue weighted by atomic mass is 9.88. The molecule has 2 rings (SSSR count). The van der Waals surface area contributed by atoms with Crippen LogP contribution in [0, 0.1) is 11.7 Å². The molecule has 0 aromatic heterocycles. The van der Waals surface area contributed by atoms with Crippen LogP contribution in [0.1, 0.15) is 25.3 Å². The molecule has 1 aromatic carbocycles. The van der Waals surface area contributed by atoms with Gasteiger partial charge in [0.15, 0.2) is 5.78 Å². The van der Waals surface area contributed by atoms with E-state index >= 15 is 0 Å². The molecule has 2 N–H and O–H groups in total. The first-order valence-electron chi connectivity index (χ1n) is 5.68. The summed E-state index contributed by atoms with van der Waals surface area (Å²) in [4.78, 5) is 12.1. The molecule has 0 bridgehead atoms. The zero-order valence-electron chi connectivity index (χ0n) is 9.67. The van der Waals surface area contributed by atoms with Gasteiger partial charge in [-0.1, -0.05) is 12.1 Å². The zero-order valence-corrected chi connectivity index (χ0v) is 11.3. The summed E-state index contributed by atoms with van der Waals surface area (Å²) in [7, 11) is 0. The Morgan fingerprint density at radius 1 is 1.59 bits per heavy atom. The van der Waals surface area contributed by atoms with E-state index in [9.17, 15) is 9.18 Å². The minimum Gasteiger partial charge on any atom is -0.319 e. The summed E-state index contributed by atoms with van der Waals surface area (Å²) in [6, 6.07) is 4.71. The molecule has 17 heavy (non-hydrogen) atoms. The van der Waals surface area contributed by atoms with E-state index in [4.69, 9.17) is 5.73 Å². The van der Waals surface area contributed by atoms with Gasteiger partial charge in [0.05, 0.1) is 10.0 Å². The molecule has 0 spiro atoms. The molecule has 0 heterocycles. The molecule has 0 radical (unpaired) electrons. The van der Waals surface area contributed by atoms with Crippen molar-refractivity contribution in [2.75, 3.05) is 0 Å². The van der Waals surface area contributed by atoms with Gasteiger partial charge in [-0.05, 0) is 53.2 Å². The van der Waals surface area contributed by atoms with E-state index in [1.807, 2.05) is 0 Å². The van der Waals surface area contributed by atoms with Crippen molar-refractivity contribution in [2.24, 2.45) is 11.7 Å². The van der Waals surface area contributed by atoms with Gasteiger partial charge in [-0.25, -0.2) is 4.39 Å². The number of hydrogen-bond donors (Lipinski definition) is 1. The maximum absolute atomic E-state index is 13.3. The van der Waals surface area contributed by atoms with Crippen molar-refractivity contribution >= 4 is 21.7 Å². The summed E-state index contributed by atoms with van der Waals surface area (Å²) in [6.07, 6.45) is 2.22. The normalized spacial score (nSPS) is 18.8. The molecule has 1 aliphatic rings. The second-order valence-electron chi connectivity index (χ2n) is 4.87. The molecule has 0 saturated heterocycles. The van der Waals surface area contributed by atoms with Gasteiger partial charge in [0, 0.05) is 6.42 Å². The van der Waals surface area contributed by atoms with E-state index in [0.717, 1.165) is 12.8 Å². The molecule has 0 amide bonds. The van der Waals surface area contributed by atoms with E-state index in [0.29, 0.717) is 16.0 Å². The summed E-state index contributed by atoms with van der Waals surface area (Å²) in [5, 5.41) is 0. The van der Waals surface area contributed by atoms with Crippen LogP contribution < -0.4 is 5.73 Å². The quantitative estimate of drug-likeness (QED) is 0.929. The monoisotopic (exact) mass is 299 g/mol. The fraction of sp³-hybridized carbons (Fsp3) is 0.462. The minimum atomic E-state index is -0.772. The molecule has 92 valence electrons. The van der Waals surface area contributed by atoms with Crippen molar-refractivity contribution in [1.29, 1.82) is 0 Å². The van der Waals surface area contributed by atoms with Crippen molar-refractivity contribution in [1.82, 2.24) is 0 Å². The summed E-state index contributed by atoms with van der Waals surface area (Å²) in [5.74, 6) is -0.0749. The lowest BCUT2D eigenvalue weighted by Gasteiger charge is -2.22. The molecule has 2 nitrogen and oxygen atoms in total. The Bertz CT molecular complexity index is 455. The number of carbonyl (C=O) groups excluding carboxylic acids is 1. The maximum atomic E-state index is 13.3. The second kappa shape index (κ2) is 4.50. The SMILES string of the molecule is CC(N)(C(=O)Cc1cccc(F)c1Br)C1CC1. The first kappa shape index (κ1) is 12.7. The average Bonchev–Trinajstić information content (AvgIpc) is 3.08. The van der Waals surface area contributed by atoms with Crippen LogP contribution in [0.4, 0.5) is 4.39 Å². The Hall–Kier alpha value is -0.740. The highest BCUT2D eigenvalue weighted by Crippen LogP contribution is 2.39. The highest BCUT2D eigenvalue weighted by molar-refractivity contribution is 9.10. The molecule has 4 heteroatoms. The summed E-state index contributed by atoms with van der Waals surface area (Å²) < 4.78 is 13.7. The van der Waals surface area contributed by atoms with Gasteiger partial charge >= 0.3 is 0 Å². The predicted octanol–water partition coefficient (Wildman–Crippen LogP) is 2.83. The van der Waals surface area contributed by atoms with E-state index in [2.05, 4.69) is 15.9 Å². The van der Waals surface area contributed by atoms with Crippen molar-refractivity contribution in [2.45, 2.75) is 31.7 Å². The number of ketones is 1. The number of rotatable bonds is 4. The molecular formula is C13H15BrFNO. The molecule has 1 aliphatic carbocycles. The zero-order chi connectivity index (χ0) is 12.6. The third kappa shape index (κ3) is 2.58.